The van der Waals surface area contributed by atoms with Crippen molar-refractivity contribution in [3.8, 4) is 0 Å². The maximum Gasteiger partial charge on any atom is 0.409 e. The number of alkyl carbamates (subject to hydrolysis) is 1. The Labute approximate surface area is 222 Å². The van der Waals surface area contributed by atoms with Crippen LogP contribution in [0.3, 0.4) is 0 Å². The number of nitrogens with zero attached hydrogens (tertiary/aromatic N) is 2. The molecular weight excluding hydrogens is 462 g/mol. The van der Waals surface area contributed by atoms with Gasteiger partial charge in [-0.05, 0) is 36.6 Å². The number of amidine groups is 1. The van der Waals surface area contributed by atoms with E-state index in [1.807, 2.05) is 102 Å². The monoisotopic (exact) mass is 503 g/mol. The van der Waals surface area contributed by atoms with Crippen LogP contribution < -0.4 is 21.0 Å². The molecule has 3 aromatic rings. The average Bonchev–Trinajstić information content (AvgIpc) is 3.28. The second kappa shape index (κ2) is 13.5. The van der Waals surface area contributed by atoms with E-state index in [0.29, 0.717) is 0 Å². The fraction of sp³-hybridized carbons (Fsp3) is 0.333. The molecule has 7 nitrogen and oxygen atoms in total. The van der Waals surface area contributed by atoms with E-state index in [-0.39, 0.29) is 19.7 Å². The van der Waals surface area contributed by atoms with Crippen molar-refractivity contribution in [2.45, 2.75) is 66.0 Å². The summed E-state index contributed by atoms with van der Waals surface area (Å²) >= 11 is 0. The quantitative estimate of drug-likeness (QED) is 0.376. The Hall–Kier alpha value is -3.84. The first-order valence-electron chi connectivity index (χ1n) is 13.1. The van der Waals surface area contributed by atoms with Crippen LogP contribution in [0.15, 0.2) is 90.0 Å². The lowest BCUT2D eigenvalue weighted by atomic mass is 9.97. The van der Waals surface area contributed by atoms with Crippen molar-refractivity contribution in [2.24, 2.45) is 5.10 Å². The topological polar surface area (TPSA) is 78.0 Å². The van der Waals surface area contributed by atoms with Crippen LogP contribution in [0.1, 0.15) is 71.8 Å². The standard InChI is InChI=1S/C26H27N5O2.2C2H6.H2/c1-17(19-11-5-3-6-12-19)33-26(32)28-24-25-30-29-18(2)31(25)22-16-10-9-15-21(22)23(27-24)20-13-7-4-8-14-20;2*1-2;/h3-17,23-25,27,30H,1-2H3,(H,28,32);2*1-2H3;1H/t17-,23?,24?,25?;;;/m0.../s1. The van der Waals surface area contributed by atoms with E-state index in [9.17, 15) is 4.79 Å². The lowest BCUT2D eigenvalue weighted by Gasteiger charge is -2.31. The van der Waals surface area contributed by atoms with E-state index >= 15 is 0 Å². The van der Waals surface area contributed by atoms with Crippen LogP contribution in [-0.4, -0.2) is 24.3 Å². The van der Waals surface area contributed by atoms with Gasteiger partial charge in [-0.15, -0.1) is 0 Å². The number of fused-ring (bicyclic) bond motifs is 3. The number of para-hydroxylation sites is 1. The zero-order chi connectivity index (χ0) is 26.8. The molecule has 3 aromatic carbocycles. The zero-order valence-corrected chi connectivity index (χ0v) is 22.6. The fourth-order valence-electron chi connectivity index (χ4n) is 4.49. The largest absolute Gasteiger partial charge is 0.442 e. The molecule has 198 valence electrons. The summed E-state index contributed by atoms with van der Waals surface area (Å²) in [5, 5.41) is 11.1. The third-order valence-electron chi connectivity index (χ3n) is 6.11. The summed E-state index contributed by atoms with van der Waals surface area (Å²) in [6.45, 7) is 11.8. The number of benzene rings is 3. The summed E-state index contributed by atoms with van der Waals surface area (Å²) in [4.78, 5) is 15.1. The maximum atomic E-state index is 12.9. The smallest absolute Gasteiger partial charge is 0.409 e. The minimum atomic E-state index is -0.493. The van der Waals surface area contributed by atoms with E-state index in [1.54, 1.807) is 0 Å². The van der Waals surface area contributed by atoms with Gasteiger partial charge < -0.3 is 15.0 Å². The molecule has 0 saturated heterocycles. The Morgan fingerprint density at radius 3 is 2.22 bits per heavy atom. The van der Waals surface area contributed by atoms with Crippen LogP contribution in [0.2, 0.25) is 0 Å². The van der Waals surface area contributed by atoms with E-state index in [1.165, 1.54) is 0 Å². The number of anilines is 1. The van der Waals surface area contributed by atoms with Gasteiger partial charge in [0.25, 0.3) is 0 Å². The van der Waals surface area contributed by atoms with E-state index in [0.717, 1.165) is 28.2 Å². The Morgan fingerprint density at radius 1 is 0.946 bits per heavy atom. The van der Waals surface area contributed by atoms with Crippen LogP contribution in [-0.2, 0) is 4.74 Å². The van der Waals surface area contributed by atoms with Crippen molar-refractivity contribution in [2.75, 3.05) is 4.90 Å². The van der Waals surface area contributed by atoms with Crippen molar-refractivity contribution in [1.82, 2.24) is 16.1 Å². The average molecular weight is 504 g/mol. The molecule has 2 aliphatic rings. The van der Waals surface area contributed by atoms with Gasteiger partial charge in [-0.3, -0.25) is 10.7 Å². The Morgan fingerprint density at radius 2 is 1.54 bits per heavy atom. The van der Waals surface area contributed by atoms with Gasteiger partial charge >= 0.3 is 6.09 Å². The molecule has 3 N–H and O–H groups in total. The van der Waals surface area contributed by atoms with Crippen LogP contribution in [0.4, 0.5) is 10.5 Å². The lowest BCUT2D eigenvalue weighted by Crippen LogP contribution is -2.60. The van der Waals surface area contributed by atoms with Gasteiger partial charge in [-0.25, -0.2) is 4.79 Å². The van der Waals surface area contributed by atoms with Gasteiger partial charge in [0.2, 0.25) is 0 Å². The number of rotatable bonds is 4. The molecule has 2 heterocycles. The number of hydrogen-bond donors (Lipinski definition) is 3. The molecule has 2 aliphatic heterocycles. The number of nitrogens with one attached hydrogen (secondary N) is 3. The van der Waals surface area contributed by atoms with E-state index in [4.69, 9.17) is 4.74 Å². The molecule has 0 aromatic heterocycles. The highest BCUT2D eigenvalue weighted by Crippen LogP contribution is 2.36. The number of ether oxygens (including phenoxy) is 1. The summed E-state index contributed by atoms with van der Waals surface area (Å²) in [5.74, 6) is 0.834. The molecular formula is C30H41N5O2. The van der Waals surface area contributed by atoms with Gasteiger partial charge in [0, 0.05) is 7.11 Å². The normalized spacial score (nSPS) is 20.1. The highest BCUT2D eigenvalue weighted by atomic mass is 16.6. The van der Waals surface area contributed by atoms with Gasteiger partial charge in [-0.1, -0.05) is 107 Å². The Balaban J connectivity index is 0.000000969. The number of hydrogen-bond acceptors (Lipinski definition) is 6. The van der Waals surface area contributed by atoms with Crippen molar-refractivity contribution in [3.05, 3.63) is 102 Å². The molecule has 37 heavy (non-hydrogen) atoms. The first kappa shape index (κ1) is 27.7. The molecule has 1 amide bonds. The summed E-state index contributed by atoms with van der Waals surface area (Å²) in [5.41, 5.74) is 7.39. The van der Waals surface area contributed by atoms with E-state index in [2.05, 4.69) is 50.3 Å². The highest BCUT2D eigenvalue weighted by molar-refractivity contribution is 5.99. The lowest BCUT2D eigenvalue weighted by molar-refractivity contribution is 0.0995. The third kappa shape index (κ3) is 6.30. The zero-order valence-electron chi connectivity index (χ0n) is 22.6. The molecule has 0 fully saturated rings. The van der Waals surface area contributed by atoms with Crippen LogP contribution >= 0.6 is 0 Å². The first-order chi connectivity index (χ1) is 18.1. The Bertz CT molecular complexity index is 1160. The van der Waals surface area contributed by atoms with E-state index < -0.39 is 12.3 Å². The summed E-state index contributed by atoms with van der Waals surface area (Å²) in [6.07, 6.45) is -1.64. The summed E-state index contributed by atoms with van der Waals surface area (Å²) in [6, 6.07) is 28.0. The third-order valence-corrected chi connectivity index (χ3v) is 6.11. The predicted molar refractivity (Wildman–Crippen MR) is 153 cm³/mol. The first-order valence-corrected chi connectivity index (χ1v) is 13.1. The maximum absolute atomic E-state index is 12.9. The number of hydrazone groups is 1. The van der Waals surface area contributed by atoms with Gasteiger partial charge in [-0.2, -0.15) is 5.10 Å². The fourth-order valence-corrected chi connectivity index (χ4v) is 4.49. The minimum absolute atomic E-state index is 0. The molecule has 0 radical (unpaired) electrons. The summed E-state index contributed by atoms with van der Waals surface area (Å²) in [7, 11) is 0. The molecule has 4 atom stereocenters. The van der Waals surface area contributed by atoms with Crippen LogP contribution in [0.25, 0.3) is 0 Å². The van der Waals surface area contributed by atoms with Crippen molar-refractivity contribution in [1.29, 1.82) is 0 Å². The SMILES string of the molecule is CC.CC.CC1=NNC2C(NC(=O)O[C@@H](C)c3ccccc3)NC(c3ccccc3)c3ccccc3N12.[HH]. The number of amides is 1. The van der Waals surface area contributed by atoms with Gasteiger partial charge in [0.15, 0.2) is 6.17 Å². The minimum Gasteiger partial charge on any atom is -0.442 e. The molecule has 3 unspecified atom stereocenters. The second-order valence-electron chi connectivity index (χ2n) is 8.25. The van der Waals surface area contributed by atoms with Crippen molar-refractivity contribution < 1.29 is 11.0 Å². The number of carbonyl (C=O) groups excluding carboxylic acids is 1. The van der Waals surface area contributed by atoms with Gasteiger partial charge in [0.05, 0.1) is 6.04 Å². The molecule has 7 heteroatoms. The molecule has 0 saturated carbocycles. The predicted octanol–water partition coefficient (Wildman–Crippen LogP) is 6.56. The molecule has 0 bridgehead atoms. The highest BCUT2D eigenvalue weighted by Gasteiger charge is 2.41. The molecule has 0 aliphatic carbocycles. The van der Waals surface area contributed by atoms with Crippen LogP contribution in [0, 0.1) is 0 Å². The van der Waals surface area contributed by atoms with Crippen LogP contribution in [0.5, 0.6) is 0 Å². The molecule has 5 rings (SSSR count). The van der Waals surface area contributed by atoms with Crippen molar-refractivity contribution in [3.63, 3.8) is 0 Å². The second-order valence-corrected chi connectivity index (χ2v) is 8.25. The van der Waals surface area contributed by atoms with Crippen molar-refractivity contribution >= 4 is 17.6 Å². The molecule has 0 spiro atoms. The van der Waals surface area contributed by atoms with Gasteiger partial charge in [0.1, 0.15) is 18.1 Å². The number of carbonyl (C=O) groups is 1. The summed E-state index contributed by atoms with van der Waals surface area (Å²) < 4.78 is 5.70. The Kier molecular flexibility index (Phi) is 10.1.